The van der Waals surface area contributed by atoms with Crippen LogP contribution in [0.15, 0.2) is 54.6 Å². The summed E-state index contributed by atoms with van der Waals surface area (Å²) in [5.41, 5.74) is 2.68. The van der Waals surface area contributed by atoms with Gasteiger partial charge in [-0.25, -0.2) is 4.39 Å². The number of benzene rings is 2. The lowest BCUT2D eigenvalue weighted by Gasteiger charge is -2.34. The maximum atomic E-state index is 13.3. The molecule has 3 aromatic rings. The molecular formula is C22H23FN4O2. The Balaban J connectivity index is 1.34. The van der Waals surface area contributed by atoms with E-state index in [0.717, 1.165) is 22.8 Å². The van der Waals surface area contributed by atoms with Crippen LogP contribution in [0.2, 0.25) is 0 Å². The summed E-state index contributed by atoms with van der Waals surface area (Å²) in [6.45, 7) is 2.67. The van der Waals surface area contributed by atoms with Crippen LogP contribution >= 0.6 is 0 Å². The number of hydrogen-bond acceptors (Lipinski definition) is 4. The largest absolute Gasteiger partial charge is 0.497 e. The summed E-state index contributed by atoms with van der Waals surface area (Å²) in [6, 6.07) is 16.0. The number of carbonyl (C=O) groups excluding carboxylic acids is 1. The summed E-state index contributed by atoms with van der Waals surface area (Å²) >= 11 is 0. The molecule has 1 aliphatic rings. The first-order chi connectivity index (χ1) is 14.1. The molecule has 0 unspecified atom stereocenters. The maximum absolute atomic E-state index is 13.3. The lowest BCUT2D eigenvalue weighted by atomic mass is 10.1. The normalized spacial score (nSPS) is 14.1. The number of aromatic nitrogens is 2. The third-order valence-electron chi connectivity index (χ3n) is 5.17. The van der Waals surface area contributed by atoms with E-state index < -0.39 is 0 Å². The smallest absolute Gasteiger partial charge is 0.227 e. The Morgan fingerprint density at radius 2 is 1.86 bits per heavy atom. The molecule has 1 amide bonds. The molecule has 1 saturated heterocycles. The first-order valence-corrected chi connectivity index (χ1v) is 9.59. The first-order valence-electron chi connectivity index (χ1n) is 9.59. The molecule has 1 aromatic heterocycles. The highest BCUT2D eigenvalue weighted by atomic mass is 19.1. The number of nitrogens with one attached hydrogen (secondary N) is 1. The molecule has 1 fully saturated rings. The Kier molecular flexibility index (Phi) is 5.46. The highest BCUT2D eigenvalue weighted by molar-refractivity contribution is 5.79. The second-order valence-corrected chi connectivity index (χ2v) is 7.04. The number of piperazine rings is 1. The Morgan fingerprint density at radius 1 is 1.10 bits per heavy atom. The van der Waals surface area contributed by atoms with Crippen LogP contribution in [0.4, 0.5) is 10.2 Å². The van der Waals surface area contributed by atoms with Crippen LogP contribution in [-0.4, -0.2) is 54.3 Å². The van der Waals surface area contributed by atoms with Gasteiger partial charge in [0.05, 0.1) is 19.2 Å². The number of hydrogen-bond donors (Lipinski definition) is 1. The van der Waals surface area contributed by atoms with Crippen LogP contribution in [0.1, 0.15) is 5.56 Å². The van der Waals surface area contributed by atoms with Crippen molar-refractivity contribution in [2.24, 2.45) is 0 Å². The highest BCUT2D eigenvalue weighted by Gasteiger charge is 2.23. The average Bonchev–Trinajstić information content (AvgIpc) is 3.24. The molecule has 1 N–H and O–H groups in total. The molecule has 0 radical (unpaired) electrons. The van der Waals surface area contributed by atoms with E-state index in [1.165, 1.54) is 12.1 Å². The molecule has 29 heavy (non-hydrogen) atoms. The van der Waals surface area contributed by atoms with Crippen LogP contribution in [-0.2, 0) is 11.2 Å². The zero-order chi connectivity index (χ0) is 20.2. The number of rotatable bonds is 5. The predicted octanol–water partition coefficient (Wildman–Crippen LogP) is 3.12. The standard InChI is InChI=1S/C22H23FN4O2/c1-29-19-7-5-17(6-8-19)20-15-21(25-24-20)26-9-11-27(12-10-26)22(28)14-16-3-2-4-18(23)13-16/h2-8,13,15H,9-12,14H2,1H3,(H,24,25). The lowest BCUT2D eigenvalue weighted by Crippen LogP contribution is -2.49. The van der Waals surface area contributed by atoms with Gasteiger partial charge in [-0.1, -0.05) is 12.1 Å². The summed E-state index contributed by atoms with van der Waals surface area (Å²) in [4.78, 5) is 16.5. The van der Waals surface area contributed by atoms with E-state index >= 15 is 0 Å². The van der Waals surface area contributed by atoms with Gasteiger partial charge in [0.2, 0.25) is 5.91 Å². The van der Waals surface area contributed by atoms with Gasteiger partial charge in [-0.3, -0.25) is 9.89 Å². The third-order valence-corrected chi connectivity index (χ3v) is 5.17. The Morgan fingerprint density at radius 3 is 2.55 bits per heavy atom. The van der Waals surface area contributed by atoms with Crippen molar-refractivity contribution >= 4 is 11.7 Å². The number of H-pyrrole nitrogens is 1. The van der Waals surface area contributed by atoms with E-state index in [1.807, 2.05) is 35.2 Å². The van der Waals surface area contributed by atoms with Gasteiger partial charge in [-0.15, -0.1) is 0 Å². The minimum Gasteiger partial charge on any atom is -0.497 e. The van der Waals surface area contributed by atoms with Crippen molar-refractivity contribution in [3.05, 3.63) is 66.0 Å². The summed E-state index contributed by atoms with van der Waals surface area (Å²) in [5.74, 6) is 1.39. The number of aromatic amines is 1. The van der Waals surface area contributed by atoms with Crippen LogP contribution in [0, 0.1) is 5.82 Å². The molecule has 0 aliphatic carbocycles. The number of nitrogens with zero attached hydrogens (tertiary/aromatic N) is 3. The van der Waals surface area contributed by atoms with Gasteiger partial charge in [-0.05, 0) is 47.5 Å². The van der Waals surface area contributed by atoms with E-state index in [1.54, 1.807) is 19.2 Å². The van der Waals surface area contributed by atoms with Crippen molar-refractivity contribution < 1.29 is 13.9 Å². The maximum Gasteiger partial charge on any atom is 0.227 e. The van der Waals surface area contributed by atoms with Gasteiger partial charge < -0.3 is 14.5 Å². The number of methoxy groups -OCH3 is 1. The molecule has 7 heteroatoms. The zero-order valence-electron chi connectivity index (χ0n) is 16.3. The van der Waals surface area contributed by atoms with Crippen molar-refractivity contribution in [3.8, 4) is 17.0 Å². The molecule has 2 aromatic carbocycles. The SMILES string of the molecule is COc1ccc(-c2cc(N3CCN(C(=O)Cc4cccc(F)c4)CC3)n[nH]2)cc1. The molecule has 4 rings (SSSR count). The molecule has 0 atom stereocenters. The first kappa shape index (κ1) is 19.0. The summed E-state index contributed by atoms with van der Waals surface area (Å²) in [7, 11) is 1.64. The van der Waals surface area contributed by atoms with Gasteiger partial charge in [-0.2, -0.15) is 5.10 Å². The number of carbonyl (C=O) groups is 1. The van der Waals surface area contributed by atoms with Gasteiger partial charge >= 0.3 is 0 Å². The average molecular weight is 394 g/mol. The monoisotopic (exact) mass is 394 g/mol. The fourth-order valence-corrected chi connectivity index (χ4v) is 3.51. The van der Waals surface area contributed by atoms with Crippen LogP contribution in [0.25, 0.3) is 11.3 Å². The zero-order valence-corrected chi connectivity index (χ0v) is 16.3. The van der Waals surface area contributed by atoms with Crippen molar-refractivity contribution in [2.75, 3.05) is 38.2 Å². The number of amides is 1. The lowest BCUT2D eigenvalue weighted by molar-refractivity contribution is -0.130. The minimum atomic E-state index is -0.314. The summed E-state index contributed by atoms with van der Waals surface area (Å²) in [5, 5.41) is 7.51. The van der Waals surface area contributed by atoms with E-state index in [0.29, 0.717) is 31.7 Å². The van der Waals surface area contributed by atoms with E-state index in [4.69, 9.17) is 4.74 Å². The van der Waals surface area contributed by atoms with E-state index in [-0.39, 0.29) is 18.1 Å². The second kappa shape index (κ2) is 8.34. The predicted molar refractivity (Wildman–Crippen MR) is 109 cm³/mol. The van der Waals surface area contributed by atoms with Crippen LogP contribution in [0.3, 0.4) is 0 Å². The number of anilines is 1. The Labute approximate surface area is 168 Å². The number of ether oxygens (including phenoxy) is 1. The van der Waals surface area contributed by atoms with E-state index in [9.17, 15) is 9.18 Å². The van der Waals surface area contributed by atoms with Gasteiger partial charge in [0, 0.05) is 32.2 Å². The van der Waals surface area contributed by atoms with Crippen molar-refractivity contribution in [1.82, 2.24) is 15.1 Å². The molecule has 6 nitrogen and oxygen atoms in total. The molecule has 0 spiro atoms. The highest BCUT2D eigenvalue weighted by Crippen LogP contribution is 2.24. The summed E-state index contributed by atoms with van der Waals surface area (Å²) < 4.78 is 18.5. The molecule has 1 aliphatic heterocycles. The minimum absolute atomic E-state index is 0.0243. The third kappa shape index (κ3) is 4.39. The molecule has 0 bridgehead atoms. The molecule has 0 saturated carbocycles. The van der Waals surface area contributed by atoms with Crippen LogP contribution in [0.5, 0.6) is 5.75 Å². The van der Waals surface area contributed by atoms with Crippen molar-refractivity contribution in [3.63, 3.8) is 0 Å². The van der Waals surface area contributed by atoms with Gasteiger partial charge in [0.25, 0.3) is 0 Å². The molecule has 2 heterocycles. The fraction of sp³-hybridized carbons (Fsp3) is 0.273. The van der Waals surface area contributed by atoms with Crippen molar-refractivity contribution in [2.45, 2.75) is 6.42 Å². The van der Waals surface area contributed by atoms with E-state index in [2.05, 4.69) is 15.1 Å². The number of halogens is 1. The second-order valence-electron chi connectivity index (χ2n) is 7.04. The van der Waals surface area contributed by atoms with Gasteiger partial charge in [0.1, 0.15) is 11.6 Å². The van der Waals surface area contributed by atoms with Crippen LogP contribution < -0.4 is 9.64 Å². The molecular weight excluding hydrogens is 371 g/mol. The topological polar surface area (TPSA) is 61.5 Å². The Hall–Kier alpha value is -3.35. The quantitative estimate of drug-likeness (QED) is 0.722. The molecule has 150 valence electrons. The fourth-order valence-electron chi connectivity index (χ4n) is 3.51. The Bertz CT molecular complexity index is 978. The summed E-state index contributed by atoms with van der Waals surface area (Å²) in [6.07, 6.45) is 0.224. The van der Waals surface area contributed by atoms with Crippen molar-refractivity contribution in [1.29, 1.82) is 0 Å². The van der Waals surface area contributed by atoms with Gasteiger partial charge in [0.15, 0.2) is 5.82 Å².